The maximum atomic E-state index is 6.87. The molecule has 0 amide bonds. The minimum Gasteiger partial charge on any atom is -0.454 e. The molecule has 0 bridgehead atoms. The fourth-order valence-electron chi connectivity index (χ4n) is 12.2. The van der Waals surface area contributed by atoms with Crippen molar-refractivity contribution < 1.29 is 4.42 Å². The Bertz CT molecular complexity index is 3790. The van der Waals surface area contributed by atoms with Gasteiger partial charge in [-0.05, 0) is 125 Å². The Morgan fingerprint density at radius 2 is 0.906 bits per heavy atom. The van der Waals surface area contributed by atoms with Gasteiger partial charge in [0.1, 0.15) is 5.58 Å². The zero-order chi connectivity index (χ0) is 42.3. The molecule has 11 aromatic rings. The first-order valence-corrected chi connectivity index (χ1v) is 22.4. The monoisotopic (exact) mass is 815 g/mol. The standard InChI is InChI=1S/C62H41NO/c1-61(2)51-25-11-7-21-45(51)46-33-31-40(37-56(46)61)63(57-28-15-24-48-47-22-10-14-29-58(47)64-60(48)57)39-32-35-54-50(36-39)43-19-6-5-18-42(43)44-20-8-12-26-52(44)62(54)53-27-13-9-23-49(53)59-41-17-4-3-16-38(41)30-34-55(59)62/h3-37H,1-2H3. The van der Waals surface area contributed by atoms with Crippen molar-refractivity contribution in [3.05, 3.63) is 246 Å². The van der Waals surface area contributed by atoms with E-state index in [2.05, 4.69) is 231 Å². The number of furan rings is 1. The summed E-state index contributed by atoms with van der Waals surface area (Å²) in [7, 11) is 0. The fraction of sp³-hybridized carbons (Fsp3) is 0.0645. The normalized spacial score (nSPS) is 15.8. The van der Waals surface area contributed by atoms with Gasteiger partial charge in [0.2, 0.25) is 0 Å². The molecule has 1 atom stereocenters. The van der Waals surface area contributed by atoms with Gasteiger partial charge in [0, 0.05) is 27.6 Å². The van der Waals surface area contributed by atoms with E-state index in [-0.39, 0.29) is 5.41 Å². The van der Waals surface area contributed by atoms with Gasteiger partial charge in [-0.1, -0.05) is 190 Å². The minimum absolute atomic E-state index is 0.169. The van der Waals surface area contributed by atoms with Crippen LogP contribution in [-0.4, -0.2) is 0 Å². The van der Waals surface area contributed by atoms with Crippen molar-refractivity contribution in [1.82, 2.24) is 0 Å². The topological polar surface area (TPSA) is 16.4 Å². The van der Waals surface area contributed by atoms with Crippen molar-refractivity contribution in [3.8, 4) is 44.5 Å². The molecule has 3 aliphatic rings. The zero-order valence-corrected chi connectivity index (χ0v) is 35.6. The van der Waals surface area contributed by atoms with Gasteiger partial charge in [-0.3, -0.25) is 0 Å². The van der Waals surface area contributed by atoms with E-state index in [0.29, 0.717) is 0 Å². The lowest BCUT2D eigenvalue weighted by Gasteiger charge is -2.36. The maximum Gasteiger partial charge on any atom is 0.159 e. The van der Waals surface area contributed by atoms with Gasteiger partial charge in [-0.2, -0.15) is 0 Å². The number of fused-ring (bicyclic) bond motifs is 20. The lowest BCUT2D eigenvalue weighted by atomic mass is 9.65. The van der Waals surface area contributed by atoms with Crippen molar-refractivity contribution in [2.45, 2.75) is 24.7 Å². The van der Waals surface area contributed by atoms with Crippen LogP contribution < -0.4 is 4.90 Å². The van der Waals surface area contributed by atoms with Crippen LogP contribution in [0.4, 0.5) is 17.1 Å². The van der Waals surface area contributed by atoms with Crippen LogP contribution in [0.15, 0.2) is 217 Å². The summed E-state index contributed by atoms with van der Waals surface area (Å²) < 4.78 is 6.87. The van der Waals surface area contributed by atoms with E-state index in [1.807, 2.05) is 0 Å². The van der Waals surface area contributed by atoms with Crippen LogP contribution >= 0.6 is 0 Å². The van der Waals surface area contributed by atoms with Crippen LogP contribution in [0, 0.1) is 0 Å². The first-order chi connectivity index (χ1) is 31.5. The molecule has 300 valence electrons. The molecular formula is C62H41NO. The van der Waals surface area contributed by atoms with Crippen molar-refractivity contribution in [1.29, 1.82) is 0 Å². The van der Waals surface area contributed by atoms with Crippen molar-refractivity contribution in [2.75, 3.05) is 4.90 Å². The van der Waals surface area contributed by atoms with Crippen molar-refractivity contribution in [2.24, 2.45) is 0 Å². The maximum absolute atomic E-state index is 6.87. The van der Waals surface area contributed by atoms with E-state index >= 15 is 0 Å². The number of rotatable bonds is 3. The Hall–Kier alpha value is -7.94. The summed E-state index contributed by atoms with van der Waals surface area (Å²) in [5, 5.41) is 4.76. The van der Waals surface area contributed by atoms with Crippen molar-refractivity contribution >= 4 is 49.8 Å². The van der Waals surface area contributed by atoms with E-state index in [9.17, 15) is 0 Å². The van der Waals surface area contributed by atoms with Gasteiger partial charge < -0.3 is 9.32 Å². The average molecular weight is 816 g/mol. The van der Waals surface area contributed by atoms with E-state index in [0.717, 1.165) is 39.0 Å². The van der Waals surface area contributed by atoms with Gasteiger partial charge in [-0.25, -0.2) is 0 Å². The summed E-state index contributed by atoms with van der Waals surface area (Å²) in [6.45, 7) is 4.73. The molecule has 64 heavy (non-hydrogen) atoms. The lowest BCUT2D eigenvalue weighted by Crippen LogP contribution is -2.29. The van der Waals surface area contributed by atoms with Gasteiger partial charge in [0.05, 0.1) is 11.1 Å². The number of nitrogens with zero attached hydrogens (tertiary/aromatic N) is 1. The van der Waals surface area contributed by atoms with E-state index < -0.39 is 5.41 Å². The van der Waals surface area contributed by atoms with Crippen LogP contribution in [0.5, 0.6) is 0 Å². The molecule has 1 spiro atoms. The smallest absolute Gasteiger partial charge is 0.159 e. The van der Waals surface area contributed by atoms with Gasteiger partial charge in [-0.15, -0.1) is 0 Å². The minimum atomic E-state index is -0.591. The third-order valence-corrected chi connectivity index (χ3v) is 14.9. The second-order valence-electron chi connectivity index (χ2n) is 18.3. The Balaban J connectivity index is 1.09. The Morgan fingerprint density at radius 3 is 1.72 bits per heavy atom. The molecule has 0 fully saturated rings. The first-order valence-electron chi connectivity index (χ1n) is 22.4. The summed E-state index contributed by atoms with van der Waals surface area (Å²) in [6.07, 6.45) is 0. The number of anilines is 3. The lowest BCUT2D eigenvalue weighted by molar-refractivity contribution is 0.660. The van der Waals surface area contributed by atoms with Crippen LogP contribution in [0.25, 0.3) is 77.2 Å². The highest BCUT2D eigenvalue weighted by Crippen LogP contribution is 2.63. The summed E-state index contributed by atoms with van der Waals surface area (Å²) in [4.78, 5) is 2.45. The molecule has 0 radical (unpaired) electrons. The number of benzene rings is 10. The molecule has 2 heteroatoms. The molecule has 0 aliphatic heterocycles. The molecule has 10 aromatic carbocycles. The number of hydrogen-bond donors (Lipinski definition) is 0. The fourth-order valence-corrected chi connectivity index (χ4v) is 12.2. The predicted molar refractivity (Wildman–Crippen MR) is 265 cm³/mol. The van der Waals surface area contributed by atoms with Crippen LogP contribution in [0.2, 0.25) is 0 Å². The number of para-hydroxylation sites is 2. The van der Waals surface area contributed by atoms with Crippen LogP contribution in [-0.2, 0) is 10.8 Å². The first kappa shape index (κ1) is 35.6. The zero-order valence-electron chi connectivity index (χ0n) is 35.6. The molecule has 0 saturated carbocycles. The van der Waals surface area contributed by atoms with Gasteiger partial charge >= 0.3 is 0 Å². The van der Waals surface area contributed by atoms with E-state index in [1.54, 1.807) is 0 Å². The summed E-state index contributed by atoms with van der Waals surface area (Å²) in [5.74, 6) is 0. The van der Waals surface area contributed by atoms with Gasteiger partial charge in [0.15, 0.2) is 5.58 Å². The van der Waals surface area contributed by atoms with Gasteiger partial charge in [0.25, 0.3) is 0 Å². The molecule has 0 saturated heterocycles. The Kier molecular flexibility index (Phi) is 7.13. The summed E-state index contributed by atoms with van der Waals surface area (Å²) in [6, 6.07) is 79.3. The quantitative estimate of drug-likeness (QED) is 0.177. The average Bonchev–Trinajstić information content (AvgIpc) is 3.93. The third kappa shape index (κ3) is 4.54. The molecular weight excluding hydrogens is 775 g/mol. The molecule has 1 heterocycles. The third-order valence-electron chi connectivity index (χ3n) is 14.9. The molecule has 14 rings (SSSR count). The molecule has 0 N–H and O–H groups in total. The van der Waals surface area contributed by atoms with Crippen LogP contribution in [0.1, 0.15) is 47.2 Å². The Morgan fingerprint density at radius 1 is 0.359 bits per heavy atom. The predicted octanol–water partition coefficient (Wildman–Crippen LogP) is 16.5. The molecule has 1 aromatic heterocycles. The van der Waals surface area contributed by atoms with Crippen LogP contribution in [0.3, 0.4) is 0 Å². The summed E-state index contributed by atoms with van der Waals surface area (Å²) >= 11 is 0. The SMILES string of the molecule is CC1(C)c2ccccc2-c2ccc(N(c3ccc4c(c3)-c3ccccc3-c3ccccc3C43c4ccccc4-c4c3ccc3ccccc43)c3cccc4c3oc3ccccc34)cc21. The summed E-state index contributed by atoms with van der Waals surface area (Å²) in [5.41, 5.74) is 22.3. The largest absolute Gasteiger partial charge is 0.454 e. The van der Waals surface area contributed by atoms with E-state index in [4.69, 9.17) is 4.42 Å². The molecule has 3 aliphatic carbocycles. The second-order valence-corrected chi connectivity index (χ2v) is 18.3. The molecule has 1 unspecified atom stereocenters. The highest BCUT2D eigenvalue weighted by Gasteiger charge is 2.50. The Labute approximate surface area is 372 Å². The number of hydrogen-bond acceptors (Lipinski definition) is 2. The second kappa shape index (κ2) is 12.8. The highest BCUT2D eigenvalue weighted by atomic mass is 16.3. The molecule has 2 nitrogen and oxygen atoms in total. The van der Waals surface area contributed by atoms with E-state index in [1.165, 1.54) is 88.7 Å². The van der Waals surface area contributed by atoms with Crippen molar-refractivity contribution in [3.63, 3.8) is 0 Å². The highest BCUT2D eigenvalue weighted by molar-refractivity contribution is 6.11.